The van der Waals surface area contributed by atoms with Crippen molar-refractivity contribution < 1.29 is 14.2 Å². The van der Waals surface area contributed by atoms with Crippen LogP contribution >= 0.6 is 0 Å². The molecule has 0 saturated carbocycles. The molecule has 0 aliphatic heterocycles. The average Bonchev–Trinajstić information content (AvgIpc) is 2.28. The lowest BCUT2D eigenvalue weighted by Gasteiger charge is -2.13. The van der Waals surface area contributed by atoms with E-state index >= 15 is 0 Å². The van der Waals surface area contributed by atoms with E-state index in [2.05, 4.69) is 19.2 Å². The van der Waals surface area contributed by atoms with Gasteiger partial charge in [0.2, 0.25) is 0 Å². The maximum Gasteiger partial charge on any atom is 0.165 e. The topological polar surface area (TPSA) is 41.5 Å². The number of halogens is 1. The third-order valence-electron chi connectivity index (χ3n) is 2.25. The van der Waals surface area contributed by atoms with Gasteiger partial charge in [-0.25, -0.2) is 4.39 Å². The Balaban J connectivity index is 2.65. The van der Waals surface area contributed by atoms with Crippen molar-refractivity contribution in [3.8, 4) is 5.75 Å². The van der Waals surface area contributed by atoms with Crippen molar-refractivity contribution in [3.05, 3.63) is 29.6 Å². The first-order chi connectivity index (χ1) is 8.15. The van der Waals surface area contributed by atoms with E-state index in [1.54, 1.807) is 6.07 Å². The molecule has 0 amide bonds. The Kier molecular flexibility index (Phi) is 5.94. The second kappa shape index (κ2) is 7.25. The summed E-state index contributed by atoms with van der Waals surface area (Å²) in [6.45, 7) is 5.65. The molecule has 1 aromatic rings. The van der Waals surface area contributed by atoms with Gasteiger partial charge < -0.3 is 15.2 Å². The van der Waals surface area contributed by atoms with Gasteiger partial charge in [-0.05, 0) is 18.5 Å². The molecule has 0 atom stereocenters. The summed E-state index contributed by atoms with van der Waals surface area (Å²) in [6.07, 6.45) is 0. The quantitative estimate of drug-likeness (QED) is 0.766. The van der Waals surface area contributed by atoms with Crippen molar-refractivity contribution in [1.29, 1.82) is 0 Å². The fraction of sp³-hybridized carbons (Fsp3) is 0.538. The van der Waals surface area contributed by atoms with E-state index in [1.807, 2.05) is 6.07 Å². The van der Waals surface area contributed by atoms with E-state index in [4.69, 9.17) is 9.84 Å². The number of hydrogen-bond donors (Lipinski definition) is 2. The summed E-state index contributed by atoms with van der Waals surface area (Å²) in [5, 5.41) is 11.9. The Labute approximate surface area is 102 Å². The summed E-state index contributed by atoms with van der Waals surface area (Å²) in [4.78, 5) is 0. The molecule has 0 aliphatic rings. The minimum Gasteiger partial charge on any atom is -0.488 e. The standard InChI is InChI=1S/C13H20FNO2/c1-10(2)8-15-9-11-4-3-5-12(14)13(11)17-7-6-16/h3-5,10,15-16H,6-9H2,1-2H3. The van der Waals surface area contributed by atoms with Crippen molar-refractivity contribution in [1.82, 2.24) is 5.32 Å². The van der Waals surface area contributed by atoms with E-state index in [0.29, 0.717) is 12.5 Å². The first kappa shape index (κ1) is 13.9. The van der Waals surface area contributed by atoms with Crippen molar-refractivity contribution in [2.24, 2.45) is 5.92 Å². The Morgan fingerprint density at radius 1 is 1.41 bits per heavy atom. The second-order valence-electron chi connectivity index (χ2n) is 4.32. The molecule has 0 spiro atoms. The van der Waals surface area contributed by atoms with Gasteiger partial charge in [0, 0.05) is 12.1 Å². The largest absolute Gasteiger partial charge is 0.488 e. The fourth-order valence-electron chi connectivity index (χ4n) is 1.50. The summed E-state index contributed by atoms with van der Waals surface area (Å²) in [6, 6.07) is 4.84. The van der Waals surface area contributed by atoms with Crippen LogP contribution in [0.1, 0.15) is 19.4 Å². The SMILES string of the molecule is CC(C)CNCc1cccc(F)c1OCCO. The Hall–Kier alpha value is -1.13. The molecule has 1 aromatic carbocycles. The normalized spacial score (nSPS) is 10.9. The molecule has 96 valence electrons. The Bertz CT molecular complexity index is 342. The molecule has 0 aliphatic carbocycles. The predicted molar refractivity (Wildman–Crippen MR) is 65.5 cm³/mol. The molecule has 0 bridgehead atoms. The zero-order valence-electron chi connectivity index (χ0n) is 10.4. The lowest BCUT2D eigenvalue weighted by molar-refractivity contribution is 0.195. The summed E-state index contributed by atoms with van der Waals surface area (Å²) in [5.41, 5.74) is 0.777. The zero-order valence-corrected chi connectivity index (χ0v) is 10.4. The summed E-state index contributed by atoms with van der Waals surface area (Å²) in [5.74, 6) is 0.394. The van der Waals surface area contributed by atoms with Gasteiger partial charge in [-0.3, -0.25) is 0 Å². The van der Waals surface area contributed by atoms with Crippen LogP contribution < -0.4 is 10.1 Å². The van der Waals surface area contributed by atoms with Gasteiger partial charge in [-0.15, -0.1) is 0 Å². The third-order valence-corrected chi connectivity index (χ3v) is 2.25. The Morgan fingerprint density at radius 3 is 2.82 bits per heavy atom. The van der Waals surface area contributed by atoms with Crippen LogP contribution in [-0.2, 0) is 6.54 Å². The van der Waals surface area contributed by atoms with Gasteiger partial charge in [-0.1, -0.05) is 26.0 Å². The average molecular weight is 241 g/mol. The molecule has 0 heterocycles. The highest BCUT2D eigenvalue weighted by Gasteiger charge is 2.09. The Morgan fingerprint density at radius 2 is 2.18 bits per heavy atom. The van der Waals surface area contributed by atoms with E-state index in [-0.39, 0.29) is 24.8 Å². The van der Waals surface area contributed by atoms with Gasteiger partial charge in [0.15, 0.2) is 11.6 Å². The van der Waals surface area contributed by atoms with Crippen molar-refractivity contribution in [2.45, 2.75) is 20.4 Å². The van der Waals surface area contributed by atoms with Crippen LogP contribution in [0.15, 0.2) is 18.2 Å². The van der Waals surface area contributed by atoms with Crippen LogP contribution in [0.5, 0.6) is 5.75 Å². The number of ether oxygens (including phenoxy) is 1. The molecule has 0 unspecified atom stereocenters. The molecule has 0 fully saturated rings. The van der Waals surface area contributed by atoms with Crippen molar-refractivity contribution in [2.75, 3.05) is 19.8 Å². The summed E-state index contributed by atoms with van der Waals surface area (Å²) >= 11 is 0. The van der Waals surface area contributed by atoms with E-state index in [0.717, 1.165) is 12.1 Å². The number of hydrogen-bond acceptors (Lipinski definition) is 3. The number of aliphatic hydroxyl groups excluding tert-OH is 1. The fourth-order valence-corrected chi connectivity index (χ4v) is 1.50. The number of benzene rings is 1. The molecular weight excluding hydrogens is 221 g/mol. The van der Waals surface area contributed by atoms with E-state index in [1.165, 1.54) is 6.07 Å². The van der Waals surface area contributed by atoms with Gasteiger partial charge in [0.05, 0.1) is 6.61 Å². The van der Waals surface area contributed by atoms with Gasteiger partial charge in [0.25, 0.3) is 0 Å². The van der Waals surface area contributed by atoms with E-state index < -0.39 is 0 Å². The van der Waals surface area contributed by atoms with Crippen LogP contribution in [0.3, 0.4) is 0 Å². The molecule has 1 rings (SSSR count). The van der Waals surface area contributed by atoms with E-state index in [9.17, 15) is 4.39 Å². The van der Waals surface area contributed by atoms with Crippen LogP contribution in [0.2, 0.25) is 0 Å². The summed E-state index contributed by atoms with van der Waals surface area (Å²) < 4.78 is 18.7. The summed E-state index contributed by atoms with van der Waals surface area (Å²) in [7, 11) is 0. The molecule has 0 radical (unpaired) electrons. The maximum atomic E-state index is 13.5. The lowest BCUT2D eigenvalue weighted by Crippen LogP contribution is -2.20. The smallest absolute Gasteiger partial charge is 0.165 e. The molecule has 0 saturated heterocycles. The number of para-hydroxylation sites is 1. The number of rotatable bonds is 7. The van der Waals surface area contributed by atoms with Gasteiger partial charge >= 0.3 is 0 Å². The van der Waals surface area contributed by atoms with Gasteiger partial charge in [0.1, 0.15) is 6.61 Å². The molecule has 4 heteroatoms. The maximum absolute atomic E-state index is 13.5. The monoisotopic (exact) mass is 241 g/mol. The number of nitrogens with one attached hydrogen (secondary N) is 1. The van der Waals surface area contributed by atoms with Crippen LogP contribution in [-0.4, -0.2) is 24.9 Å². The lowest BCUT2D eigenvalue weighted by atomic mass is 10.1. The first-order valence-electron chi connectivity index (χ1n) is 5.87. The van der Waals surface area contributed by atoms with Gasteiger partial charge in [-0.2, -0.15) is 0 Å². The molecule has 17 heavy (non-hydrogen) atoms. The molecular formula is C13H20FNO2. The highest BCUT2D eigenvalue weighted by Crippen LogP contribution is 2.22. The second-order valence-corrected chi connectivity index (χ2v) is 4.32. The highest BCUT2D eigenvalue weighted by atomic mass is 19.1. The van der Waals surface area contributed by atoms with Crippen molar-refractivity contribution in [3.63, 3.8) is 0 Å². The predicted octanol–water partition coefficient (Wildman–Crippen LogP) is 1.94. The molecule has 3 nitrogen and oxygen atoms in total. The minimum absolute atomic E-state index is 0.109. The molecule has 0 aromatic heterocycles. The third kappa shape index (κ3) is 4.71. The van der Waals surface area contributed by atoms with Crippen LogP contribution in [0.25, 0.3) is 0 Å². The minimum atomic E-state index is -0.387. The van der Waals surface area contributed by atoms with Crippen molar-refractivity contribution >= 4 is 0 Å². The molecule has 2 N–H and O–H groups in total. The highest BCUT2D eigenvalue weighted by molar-refractivity contribution is 5.34. The first-order valence-corrected chi connectivity index (χ1v) is 5.87. The van der Waals surface area contributed by atoms with Crippen LogP contribution in [0, 0.1) is 11.7 Å². The van der Waals surface area contributed by atoms with Crippen LogP contribution in [0.4, 0.5) is 4.39 Å². The zero-order chi connectivity index (χ0) is 12.7. The number of aliphatic hydroxyl groups is 1.